The first-order valence-corrected chi connectivity index (χ1v) is 7.76. The molecule has 0 bridgehead atoms. The van der Waals surface area contributed by atoms with Gasteiger partial charge in [0.15, 0.2) is 0 Å². The summed E-state index contributed by atoms with van der Waals surface area (Å²) in [6.45, 7) is 2.98. The van der Waals surface area contributed by atoms with Gasteiger partial charge in [0.2, 0.25) is 0 Å². The van der Waals surface area contributed by atoms with E-state index in [2.05, 4.69) is 28.2 Å². The minimum Gasteiger partial charge on any atom is -0.384 e. The third-order valence-corrected chi connectivity index (χ3v) is 4.61. The largest absolute Gasteiger partial charge is 0.416 e. The van der Waals surface area contributed by atoms with E-state index in [9.17, 15) is 13.2 Å². The highest BCUT2D eigenvalue weighted by atomic mass is 79.9. The average Bonchev–Trinajstić information content (AvgIpc) is 2.36. The first-order chi connectivity index (χ1) is 9.36. The Morgan fingerprint density at radius 3 is 2.70 bits per heavy atom. The van der Waals surface area contributed by atoms with Crippen molar-refractivity contribution < 1.29 is 13.2 Å². The topological polar surface area (TPSA) is 12.0 Å². The van der Waals surface area contributed by atoms with Gasteiger partial charge in [0.25, 0.3) is 0 Å². The van der Waals surface area contributed by atoms with Crippen molar-refractivity contribution in [2.75, 3.05) is 11.9 Å². The molecular weight excluding hydrogens is 331 g/mol. The molecule has 0 aromatic heterocycles. The Hall–Kier alpha value is -0.710. The lowest BCUT2D eigenvalue weighted by atomic mass is 9.82. The highest BCUT2D eigenvalue weighted by Gasteiger charge is 2.31. The lowest BCUT2D eigenvalue weighted by molar-refractivity contribution is -0.137. The molecule has 112 valence electrons. The summed E-state index contributed by atoms with van der Waals surface area (Å²) in [7, 11) is 0. The average molecular weight is 350 g/mol. The first kappa shape index (κ1) is 15.7. The van der Waals surface area contributed by atoms with Crippen LogP contribution in [0, 0.1) is 11.8 Å². The van der Waals surface area contributed by atoms with Crippen LogP contribution in [0.25, 0.3) is 0 Å². The van der Waals surface area contributed by atoms with Crippen LogP contribution in [0.5, 0.6) is 0 Å². The maximum atomic E-state index is 12.7. The quantitative estimate of drug-likeness (QED) is 0.737. The second-order valence-corrected chi connectivity index (χ2v) is 6.57. The predicted octanol–water partition coefficient (Wildman–Crippen LogP) is 5.71. The predicted molar refractivity (Wildman–Crippen MR) is 78.8 cm³/mol. The standard InChI is InChI=1S/C15H19BrF3N/c1-10-3-2-4-11(7-10)9-20-14-8-12(15(17,18)19)5-6-13(14)16/h5-6,8,10-11,20H,2-4,7,9H2,1H3. The zero-order valence-electron chi connectivity index (χ0n) is 11.4. The number of hydrogen-bond donors (Lipinski definition) is 1. The van der Waals surface area contributed by atoms with Gasteiger partial charge in [0.05, 0.1) is 5.56 Å². The van der Waals surface area contributed by atoms with Crippen LogP contribution in [0.15, 0.2) is 22.7 Å². The van der Waals surface area contributed by atoms with E-state index < -0.39 is 11.7 Å². The third-order valence-electron chi connectivity index (χ3n) is 3.92. The van der Waals surface area contributed by atoms with Gasteiger partial charge in [-0.05, 0) is 58.8 Å². The second kappa shape index (κ2) is 6.37. The summed E-state index contributed by atoms with van der Waals surface area (Å²) in [6, 6.07) is 3.73. The Morgan fingerprint density at radius 2 is 2.05 bits per heavy atom. The molecule has 1 aliphatic carbocycles. The van der Waals surface area contributed by atoms with Crippen LogP contribution in [0.4, 0.5) is 18.9 Å². The molecular formula is C15H19BrF3N. The van der Waals surface area contributed by atoms with Gasteiger partial charge in [0, 0.05) is 16.7 Å². The normalized spacial score (nSPS) is 23.6. The van der Waals surface area contributed by atoms with E-state index in [4.69, 9.17) is 0 Å². The summed E-state index contributed by atoms with van der Waals surface area (Å²) >= 11 is 3.30. The van der Waals surface area contributed by atoms with Crippen molar-refractivity contribution in [1.82, 2.24) is 0 Å². The molecule has 0 amide bonds. The molecule has 2 unspecified atom stereocenters. The van der Waals surface area contributed by atoms with Crippen molar-refractivity contribution in [1.29, 1.82) is 0 Å². The van der Waals surface area contributed by atoms with Crippen LogP contribution in [-0.4, -0.2) is 6.54 Å². The van der Waals surface area contributed by atoms with E-state index in [0.29, 0.717) is 16.1 Å². The van der Waals surface area contributed by atoms with Crippen LogP contribution in [-0.2, 0) is 6.18 Å². The van der Waals surface area contributed by atoms with Crippen molar-refractivity contribution in [3.05, 3.63) is 28.2 Å². The Morgan fingerprint density at radius 1 is 1.30 bits per heavy atom. The molecule has 1 fully saturated rings. The van der Waals surface area contributed by atoms with E-state index >= 15 is 0 Å². The van der Waals surface area contributed by atoms with Gasteiger partial charge < -0.3 is 5.32 Å². The molecule has 1 saturated carbocycles. The third kappa shape index (κ3) is 4.14. The Bertz CT molecular complexity index is 459. The highest BCUT2D eigenvalue weighted by Crippen LogP contribution is 2.35. The minimum atomic E-state index is -4.30. The van der Waals surface area contributed by atoms with Crippen LogP contribution < -0.4 is 5.32 Å². The summed E-state index contributed by atoms with van der Waals surface area (Å²) in [6.07, 6.45) is 0.509. The molecule has 2 atom stereocenters. The lowest BCUT2D eigenvalue weighted by Gasteiger charge is -2.27. The van der Waals surface area contributed by atoms with Crippen molar-refractivity contribution in [2.45, 2.75) is 38.8 Å². The summed E-state index contributed by atoms with van der Waals surface area (Å²) in [4.78, 5) is 0. The molecule has 0 spiro atoms. The number of alkyl halides is 3. The fourth-order valence-corrected chi connectivity index (χ4v) is 3.22. The van der Waals surface area contributed by atoms with E-state index in [-0.39, 0.29) is 0 Å². The smallest absolute Gasteiger partial charge is 0.384 e. The SMILES string of the molecule is CC1CCCC(CNc2cc(C(F)(F)F)ccc2Br)C1. The van der Waals surface area contributed by atoms with Crippen LogP contribution in [0.3, 0.4) is 0 Å². The summed E-state index contributed by atoms with van der Waals surface area (Å²) < 4.78 is 38.8. The number of nitrogens with one attached hydrogen (secondary N) is 1. The van der Waals surface area contributed by atoms with Gasteiger partial charge in [-0.2, -0.15) is 13.2 Å². The number of halogens is 4. The summed E-state index contributed by atoms with van der Waals surface area (Å²) in [5.74, 6) is 1.28. The fourth-order valence-electron chi connectivity index (χ4n) is 2.84. The van der Waals surface area contributed by atoms with Crippen LogP contribution >= 0.6 is 15.9 Å². The molecule has 0 saturated heterocycles. The van der Waals surface area contributed by atoms with Gasteiger partial charge in [0.1, 0.15) is 0 Å². The zero-order chi connectivity index (χ0) is 14.8. The summed E-state index contributed by atoms with van der Waals surface area (Å²) in [5, 5.41) is 3.17. The van der Waals surface area contributed by atoms with Crippen molar-refractivity contribution in [3.63, 3.8) is 0 Å². The molecule has 2 rings (SSSR count). The number of hydrogen-bond acceptors (Lipinski definition) is 1. The highest BCUT2D eigenvalue weighted by molar-refractivity contribution is 9.10. The van der Waals surface area contributed by atoms with Crippen molar-refractivity contribution in [2.24, 2.45) is 11.8 Å². The van der Waals surface area contributed by atoms with Crippen molar-refractivity contribution >= 4 is 21.6 Å². The lowest BCUT2D eigenvalue weighted by Crippen LogP contribution is -2.21. The van der Waals surface area contributed by atoms with Gasteiger partial charge >= 0.3 is 6.18 Å². The molecule has 0 heterocycles. The molecule has 1 aromatic rings. The molecule has 1 aliphatic rings. The molecule has 1 nitrogen and oxygen atoms in total. The Balaban J connectivity index is 2.01. The maximum Gasteiger partial charge on any atom is 0.416 e. The van der Waals surface area contributed by atoms with Crippen molar-refractivity contribution in [3.8, 4) is 0 Å². The van der Waals surface area contributed by atoms with Gasteiger partial charge in [-0.3, -0.25) is 0 Å². The Kier molecular flexibility index (Phi) is 4.99. The monoisotopic (exact) mass is 349 g/mol. The minimum absolute atomic E-state index is 0.526. The Labute approximate surface area is 126 Å². The summed E-state index contributed by atoms with van der Waals surface area (Å²) in [5.41, 5.74) is -0.0849. The molecule has 1 N–H and O–H groups in total. The number of anilines is 1. The molecule has 1 aromatic carbocycles. The van der Waals surface area contributed by atoms with Gasteiger partial charge in [-0.15, -0.1) is 0 Å². The fraction of sp³-hybridized carbons (Fsp3) is 0.600. The molecule has 20 heavy (non-hydrogen) atoms. The molecule has 5 heteroatoms. The van der Waals surface area contributed by atoms with E-state index in [0.717, 1.165) is 31.4 Å². The maximum absolute atomic E-state index is 12.7. The van der Waals surface area contributed by atoms with Crippen LogP contribution in [0.1, 0.15) is 38.2 Å². The van der Waals surface area contributed by atoms with Crippen LogP contribution in [0.2, 0.25) is 0 Å². The first-order valence-electron chi connectivity index (χ1n) is 6.97. The van der Waals surface area contributed by atoms with E-state index in [1.807, 2.05) is 0 Å². The number of rotatable bonds is 3. The van der Waals surface area contributed by atoms with Gasteiger partial charge in [-0.1, -0.05) is 19.8 Å². The molecule has 0 aliphatic heterocycles. The second-order valence-electron chi connectivity index (χ2n) is 5.71. The number of benzene rings is 1. The van der Waals surface area contributed by atoms with Gasteiger partial charge in [-0.25, -0.2) is 0 Å². The molecule has 0 radical (unpaired) electrons. The zero-order valence-corrected chi connectivity index (χ0v) is 13.0. The van der Waals surface area contributed by atoms with E-state index in [1.54, 1.807) is 0 Å². The van der Waals surface area contributed by atoms with E-state index in [1.165, 1.54) is 25.0 Å².